The van der Waals surface area contributed by atoms with E-state index in [0.29, 0.717) is 10.7 Å². The topological polar surface area (TPSA) is 12.9 Å². The lowest BCUT2D eigenvalue weighted by Gasteiger charge is -2.28. The summed E-state index contributed by atoms with van der Waals surface area (Å²) in [5.41, 5.74) is 2.82. The Balaban J connectivity index is 2.25. The number of nitrogens with zero attached hydrogens (tertiary/aromatic N) is 1. The summed E-state index contributed by atoms with van der Waals surface area (Å²) in [5, 5.41) is 0. The summed E-state index contributed by atoms with van der Waals surface area (Å²) in [5.74, 6) is 0.678. The number of aryl methyl sites for hydroxylation is 1. The van der Waals surface area contributed by atoms with E-state index in [9.17, 15) is 0 Å². The highest BCUT2D eigenvalue weighted by molar-refractivity contribution is 9.09. The fraction of sp³-hybridized carbons (Fsp3) is 0.583. The lowest BCUT2D eigenvalue weighted by Crippen LogP contribution is -2.18. The van der Waals surface area contributed by atoms with Crippen molar-refractivity contribution in [3.8, 4) is 0 Å². The number of hydrogen-bond acceptors (Lipinski definition) is 1. The van der Waals surface area contributed by atoms with Crippen LogP contribution in [-0.2, 0) is 0 Å². The number of pyridine rings is 1. The second-order valence-corrected chi connectivity index (χ2v) is 5.32. The van der Waals surface area contributed by atoms with Gasteiger partial charge in [-0.25, -0.2) is 0 Å². The van der Waals surface area contributed by atoms with Gasteiger partial charge in [0.25, 0.3) is 0 Å². The predicted molar refractivity (Wildman–Crippen MR) is 62.9 cm³/mol. The molecule has 1 aliphatic rings. The average molecular weight is 254 g/mol. The number of rotatable bonds is 1. The lowest BCUT2D eigenvalue weighted by molar-refractivity contribution is 0.459. The van der Waals surface area contributed by atoms with Crippen LogP contribution in [0.4, 0.5) is 0 Å². The highest BCUT2D eigenvalue weighted by atomic mass is 79.9. The summed E-state index contributed by atoms with van der Waals surface area (Å²) in [7, 11) is 0. The Morgan fingerprint density at radius 3 is 2.86 bits per heavy atom. The van der Waals surface area contributed by atoms with Gasteiger partial charge >= 0.3 is 0 Å². The third-order valence-corrected chi connectivity index (χ3v) is 4.26. The first kappa shape index (κ1) is 10.2. The molecule has 2 rings (SSSR count). The van der Waals surface area contributed by atoms with E-state index >= 15 is 0 Å². The molecule has 1 aliphatic carbocycles. The first-order valence-corrected chi connectivity index (χ1v) is 6.25. The second kappa shape index (κ2) is 4.43. The van der Waals surface area contributed by atoms with E-state index in [1.165, 1.54) is 36.8 Å². The summed E-state index contributed by atoms with van der Waals surface area (Å²) >= 11 is 3.80. The molecule has 1 saturated carbocycles. The van der Waals surface area contributed by atoms with E-state index in [-0.39, 0.29) is 0 Å². The van der Waals surface area contributed by atoms with Gasteiger partial charge in [0, 0.05) is 17.2 Å². The van der Waals surface area contributed by atoms with Gasteiger partial charge in [0.1, 0.15) is 0 Å². The van der Waals surface area contributed by atoms with Crippen molar-refractivity contribution in [3.05, 3.63) is 29.6 Å². The van der Waals surface area contributed by atoms with Crippen LogP contribution in [-0.4, -0.2) is 9.81 Å². The van der Waals surface area contributed by atoms with Crippen molar-refractivity contribution in [2.75, 3.05) is 0 Å². The summed E-state index contributed by atoms with van der Waals surface area (Å²) in [6, 6.07) is 2.11. The lowest BCUT2D eigenvalue weighted by atomic mass is 9.83. The Morgan fingerprint density at radius 1 is 1.36 bits per heavy atom. The molecule has 0 amide bonds. The van der Waals surface area contributed by atoms with Gasteiger partial charge in [-0.1, -0.05) is 28.8 Å². The maximum atomic E-state index is 4.23. The van der Waals surface area contributed by atoms with E-state index < -0.39 is 0 Å². The first-order chi connectivity index (χ1) is 6.79. The SMILES string of the molecule is Cc1ccncc1C1CCCCC1Br. The Kier molecular flexibility index (Phi) is 3.22. The van der Waals surface area contributed by atoms with Gasteiger partial charge in [0.15, 0.2) is 0 Å². The monoisotopic (exact) mass is 253 g/mol. The standard InChI is InChI=1S/C12H16BrN/c1-9-6-7-14-8-11(9)10-4-2-3-5-12(10)13/h6-8,10,12H,2-5H2,1H3. The summed E-state index contributed by atoms with van der Waals surface area (Å²) in [6.07, 6.45) is 9.26. The number of alkyl halides is 1. The van der Waals surface area contributed by atoms with E-state index in [1.54, 1.807) is 0 Å². The average Bonchev–Trinajstić information content (AvgIpc) is 2.20. The zero-order valence-corrected chi connectivity index (χ0v) is 10.1. The quantitative estimate of drug-likeness (QED) is 0.694. The van der Waals surface area contributed by atoms with Gasteiger partial charge in [-0.05, 0) is 42.9 Å². The van der Waals surface area contributed by atoms with Crippen LogP contribution in [0.25, 0.3) is 0 Å². The second-order valence-electron chi connectivity index (χ2n) is 4.14. The van der Waals surface area contributed by atoms with Gasteiger partial charge in [-0.2, -0.15) is 0 Å². The Bertz CT molecular complexity index is 311. The number of hydrogen-bond donors (Lipinski definition) is 0. The van der Waals surface area contributed by atoms with Crippen LogP contribution in [0.3, 0.4) is 0 Å². The van der Waals surface area contributed by atoms with Crippen molar-refractivity contribution in [2.45, 2.75) is 43.4 Å². The van der Waals surface area contributed by atoms with Gasteiger partial charge in [0.05, 0.1) is 0 Å². The molecular weight excluding hydrogens is 238 g/mol. The molecule has 0 N–H and O–H groups in total. The van der Waals surface area contributed by atoms with E-state index in [1.807, 2.05) is 12.4 Å². The highest BCUT2D eigenvalue weighted by Gasteiger charge is 2.25. The largest absolute Gasteiger partial charge is 0.264 e. The van der Waals surface area contributed by atoms with Gasteiger partial charge in [0.2, 0.25) is 0 Å². The molecule has 1 heterocycles. The summed E-state index contributed by atoms with van der Waals surface area (Å²) in [6.45, 7) is 2.19. The van der Waals surface area contributed by atoms with Crippen LogP contribution in [0.15, 0.2) is 18.5 Å². The molecule has 0 aromatic carbocycles. The van der Waals surface area contributed by atoms with E-state index in [2.05, 4.69) is 33.9 Å². The molecule has 0 bridgehead atoms. The molecule has 1 aromatic heterocycles. The minimum atomic E-state index is 0.652. The molecule has 1 fully saturated rings. The fourth-order valence-electron chi connectivity index (χ4n) is 2.30. The van der Waals surface area contributed by atoms with Gasteiger partial charge < -0.3 is 0 Å². The molecule has 76 valence electrons. The minimum Gasteiger partial charge on any atom is -0.264 e. The highest BCUT2D eigenvalue weighted by Crippen LogP contribution is 2.38. The zero-order valence-electron chi connectivity index (χ0n) is 8.54. The number of aromatic nitrogens is 1. The summed E-state index contributed by atoms with van der Waals surface area (Å²) < 4.78 is 0. The Labute approximate surface area is 94.1 Å². The molecule has 0 radical (unpaired) electrons. The van der Waals surface area contributed by atoms with Crippen molar-refractivity contribution in [3.63, 3.8) is 0 Å². The van der Waals surface area contributed by atoms with Crippen LogP contribution < -0.4 is 0 Å². The third-order valence-electron chi connectivity index (χ3n) is 3.16. The molecule has 2 heteroatoms. The first-order valence-electron chi connectivity index (χ1n) is 5.33. The van der Waals surface area contributed by atoms with Crippen LogP contribution in [0.1, 0.15) is 42.7 Å². The zero-order chi connectivity index (χ0) is 9.97. The smallest absolute Gasteiger partial charge is 0.0305 e. The predicted octanol–water partition coefficient (Wildman–Crippen LogP) is 3.81. The molecule has 14 heavy (non-hydrogen) atoms. The van der Waals surface area contributed by atoms with E-state index in [0.717, 1.165) is 0 Å². The van der Waals surface area contributed by atoms with E-state index in [4.69, 9.17) is 0 Å². The van der Waals surface area contributed by atoms with Gasteiger partial charge in [-0.15, -0.1) is 0 Å². The molecule has 0 aliphatic heterocycles. The van der Waals surface area contributed by atoms with Crippen LogP contribution in [0, 0.1) is 6.92 Å². The molecule has 1 aromatic rings. The van der Waals surface area contributed by atoms with Crippen LogP contribution >= 0.6 is 15.9 Å². The van der Waals surface area contributed by atoms with Crippen molar-refractivity contribution in [2.24, 2.45) is 0 Å². The maximum absolute atomic E-state index is 4.23. The van der Waals surface area contributed by atoms with Crippen molar-refractivity contribution in [1.82, 2.24) is 4.98 Å². The van der Waals surface area contributed by atoms with Crippen molar-refractivity contribution >= 4 is 15.9 Å². The van der Waals surface area contributed by atoms with Crippen molar-refractivity contribution in [1.29, 1.82) is 0 Å². The fourth-order valence-corrected chi connectivity index (χ4v) is 3.17. The maximum Gasteiger partial charge on any atom is 0.0305 e. The van der Waals surface area contributed by atoms with Crippen LogP contribution in [0.2, 0.25) is 0 Å². The normalized spacial score (nSPS) is 27.6. The van der Waals surface area contributed by atoms with Crippen molar-refractivity contribution < 1.29 is 0 Å². The molecular formula is C12H16BrN. The van der Waals surface area contributed by atoms with Gasteiger partial charge in [-0.3, -0.25) is 4.98 Å². The minimum absolute atomic E-state index is 0.652. The molecule has 2 unspecified atom stereocenters. The number of halogens is 1. The molecule has 2 atom stereocenters. The third kappa shape index (κ3) is 2.00. The molecule has 0 spiro atoms. The Hall–Kier alpha value is -0.370. The molecule has 0 saturated heterocycles. The van der Waals surface area contributed by atoms with Crippen LogP contribution in [0.5, 0.6) is 0 Å². The Morgan fingerprint density at radius 2 is 2.14 bits per heavy atom. The summed E-state index contributed by atoms with van der Waals surface area (Å²) in [4.78, 5) is 4.89. The molecule has 1 nitrogen and oxygen atoms in total.